The summed E-state index contributed by atoms with van der Waals surface area (Å²) in [4.78, 5) is 0. The van der Waals surface area contributed by atoms with E-state index >= 15 is 0 Å². The number of aromatic nitrogens is 2. The lowest BCUT2D eigenvalue weighted by molar-refractivity contribution is 0.154. The van der Waals surface area contributed by atoms with Crippen LogP contribution in [-0.4, -0.2) is 29.4 Å². The quantitative estimate of drug-likeness (QED) is 0.901. The Labute approximate surface area is 107 Å². The summed E-state index contributed by atoms with van der Waals surface area (Å²) in [5, 5.41) is 11.7. The van der Waals surface area contributed by atoms with Gasteiger partial charge in [0.1, 0.15) is 6.10 Å². The van der Waals surface area contributed by atoms with Crippen molar-refractivity contribution >= 4 is 11.6 Å². The molecule has 1 aliphatic heterocycles. The van der Waals surface area contributed by atoms with Crippen LogP contribution in [0.5, 0.6) is 5.88 Å². The number of nitrogens with one attached hydrogen (secondary N) is 1. The maximum Gasteiger partial charge on any atom is 0.234 e. The summed E-state index contributed by atoms with van der Waals surface area (Å²) in [5.41, 5.74) is 0.991. The first-order valence-electron chi connectivity index (χ1n) is 6.07. The number of piperidine rings is 1. The zero-order valence-electron chi connectivity index (χ0n) is 10.2. The third kappa shape index (κ3) is 3.30. The molecule has 94 valence electrons. The largest absolute Gasteiger partial charge is 0.473 e. The summed E-state index contributed by atoms with van der Waals surface area (Å²) in [7, 11) is 0. The van der Waals surface area contributed by atoms with E-state index in [4.69, 9.17) is 16.3 Å². The standard InChI is InChI=1S/C12H18ClN3O/c1-8(2)10-7-11(15-16-12(10)13)17-9-3-5-14-6-4-9/h7-9,14H,3-6H2,1-2H3. The lowest BCUT2D eigenvalue weighted by Gasteiger charge is -2.23. The van der Waals surface area contributed by atoms with Gasteiger partial charge in [0.15, 0.2) is 5.15 Å². The van der Waals surface area contributed by atoms with Crippen LogP contribution >= 0.6 is 11.6 Å². The molecule has 0 atom stereocenters. The van der Waals surface area contributed by atoms with Crippen molar-refractivity contribution in [2.24, 2.45) is 0 Å². The minimum atomic E-state index is 0.242. The fourth-order valence-corrected chi connectivity index (χ4v) is 2.23. The monoisotopic (exact) mass is 255 g/mol. The van der Waals surface area contributed by atoms with Gasteiger partial charge in [-0.2, -0.15) is 0 Å². The molecule has 0 aliphatic carbocycles. The van der Waals surface area contributed by atoms with Gasteiger partial charge in [-0.05, 0) is 37.4 Å². The van der Waals surface area contributed by atoms with Crippen LogP contribution in [0.1, 0.15) is 38.2 Å². The van der Waals surface area contributed by atoms with Crippen LogP contribution in [0.3, 0.4) is 0 Å². The summed E-state index contributed by atoms with van der Waals surface area (Å²) < 4.78 is 5.83. The molecule has 17 heavy (non-hydrogen) atoms. The molecule has 0 unspecified atom stereocenters. The molecule has 0 saturated carbocycles. The number of nitrogens with zero attached hydrogens (tertiary/aromatic N) is 2. The molecule has 1 N–H and O–H groups in total. The van der Waals surface area contributed by atoms with Gasteiger partial charge >= 0.3 is 0 Å². The number of rotatable bonds is 3. The molecule has 1 aromatic rings. The molecule has 1 saturated heterocycles. The second-order valence-corrected chi connectivity index (χ2v) is 5.01. The van der Waals surface area contributed by atoms with Gasteiger partial charge in [0.2, 0.25) is 5.88 Å². The smallest absolute Gasteiger partial charge is 0.234 e. The SMILES string of the molecule is CC(C)c1cc(OC2CCNCC2)nnc1Cl. The number of hydrogen-bond acceptors (Lipinski definition) is 4. The lowest BCUT2D eigenvalue weighted by Crippen LogP contribution is -2.34. The van der Waals surface area contributed by atoms with Gasteiger partial charge in [-0.25, -0.2) is 0 Å². The van der Waals surface area contributed by atoms with Crippen molar-refractivity contribution in [3.63, 3.8) is 0 Å². The molecular formula is C12H18ClN3O. The molecule has 0 radical (unpaired) electrons. The molecule has 5 heteroatoms. The zero-order valence-corrected chi connectivity index (χ0v) is 11.0. The van der Waals surface area contributed by atoms with Crippen LogP contribution in [0.4, 0.5) is 0 Å². The third-order valence-corrected chi connectivity index (χ3v) is 3.24. The van der Waals surface area contributed by atoms with E-state index in [1.165, 1.54) is 0 Å². The van der Waals surface area contributed by atoms with E-state index in [0.29, 0.717) is 17.0 Å². The number of ether oxygens (including phenoxy) is 1. The van der Waals surface area contributed by atoms with Crippen molar-refractivity contribution in [2.45, 2.75) is 38.7 Å². The molecular weight excluding hydrogens is 238 g/mol. The minimum Gasteiger partial charge on any atom is -0.473 e. The van der Waals surface area contributed by atoms with Crippen molar-refractivity contribution in [1.29, 1.82) is 0 Å². The molecule has 0 amide bonds. The van der Waals surface area contributed by atoms with Crippen molar-refractivity contribution in [1.82, 2.24) is 15.5 Å². The molecule has 0 bridgehead atoms. The van der Waals surface area contributed by atoms with E-state index in [-0.39, 0.29) is 6.10 Å². The first kappa shape index (κ1) is 12.6. The minimum absolute atomic E-state index is 0.242. The van der Waals surface area contributed by atoms with Gasteiger partial charge in [0, 0.05) is 6.07 Å². The third-order valence-electron chi connectivity index (χ3n) is 2.95. The van der Waals surface area contributed by atoms with E-state index in [2.05, 4.69) is 29.4 Å². The summed E-state index contributed by atoms with van der Waals surface area (Å²) in [6.45, 7) is 6.17. The van der Waals surface area contributed by atoms with Gasteiger partial charge < -0.3 is 10.1 Å². The van der Waals surface area contributed by atoms with E-state index in [9.17, 15) is 0 Å². The number of hydrogen-bond donors (Lipinski definition) is 1. The highest BCUT2D eigenvalue weighted by Gasteiger charge is 2.16. The van der Waals surface area contributed by atoms with Gasteiger partial charge in [-0.15, -0.1) is 10.2 Å². The molecule has 2 rings (SSSR count). The van der Waals surface area contributed by atoms with E-state index < -0.39 is 0 Å². The maximum absolute atomic E-state index is 5.99. The van der Waals surface area contributed by atoms with Gasteiger partial charge in [-0.1, -0.05) is 25.4 Å². The fraction of sp³-hybridized carbons (Fsp3) is 0.667. The Morgan fingerprint density at radius 2 is 2.06 bits per heavy atom. The van der Waals surface area contributed by atoms with Crippen LogP contribution in [0.25, 0.3) is 0 Å². The maximum atomic E-state index is 5.99. The van der Waals surface area contributed by atoms with Crippen molar-refractivity contribution in [2.75, 3.05) is 13.1 Å². The molecule has 1 fully saturated rings. The summed E-state index contributed by atoms with van der Waals surface area (Å²) >= 11 is 5.99. The van der Waals surface area contributed by atoms with E-state index in [1.54, 1.807) is 0 Å². The van der Waals surface area contributed by atoms with Crippen LogP contribution in [0, 0.1) is 0 Å². The van der Waals surface area contributed by atoms with Crippen LogP contribution in [-0.2, 0) is 0 Å². The van der Waals surface area contributed by atoms with Crippen LogP contribution in [0.15, 0.2) is 6.07 Å². The zero-order chi connectivity index (χ0) is 12.3. The number of halogens is 1. The Kier molecular flexibility index (Phi) is 4.18. The van der Waals surface area contributed by atoms with Crippen molar-refractivity contribution < 1.29 is 4.74 Å². The van der Waals surface area contributed by atoms with Gasteiger partial charge in [0.25, 0.3) is 0 Å². The average Bonchev–Trinajstić information content (AvgIpc) is 2.32. The van der Waals surface area contributed by atoms with Crippen molar-refractivity contribution in [3.05, 3.63) is 16.8 Å². The Morgan fingerprint density at radius 3 is 2.71 bits per heavy atom. The van der Waals surface area contributed by atoms with Crippen LogP contribution in [0.2, 0.25) is 5.15 Å². The Bertz CT molecular complexity index is 378. The van der Waals surface area contributed by atoms with Gasteiger partial charge in [0.05, 0.1) is 0 Å². The predicted molar refractivity (Wildman–Crippen MR) is 67.7 cm³/mol. The van der Waals surface area contributed by atoms with Crippen molar-refractivity contribution in [3.8, 4) is 5.88 Å². The lowest BCUT2D eigenvalue weighted by atomic mass is 10.1. The van der Waals surface area contributed by atoms with Gasteiger partial charge in [-0.3, -0.25) is 0 Å². The first-order valence-corrected chi connectivity index (χ1v) is 6.45. The van der Waals surface area contributed by atoms with Crippen LogP contribution < -0.4 is 10.1 Å². The Morgan fingerprint density at radius 1 is 1.35 bits per heavy atom. The van der Waals surface area contributed by atoms with E-state index in [1.807, 2.05) is 6.07 Å². The first-order chi connectivity index (χ1) is 8.16. The average molecular weight is 256 g/mol. The molecule has 4 nitrogen and oxygen atoms in total. The topological polar surface area (TPSA) is 47.0 Å². The molecule has 2 heterocycles. The summed E-state index contributed by atoms with van der Waals surface area (Å²) in [5.74, 6) is 0.915. The highest BCUT2D eigenvalue weighted by atomic mass is 35.5. The summed E-state index contributed by atoms with van der Waals surface area (Å²) in [6.07, 6.45) is 2.27. The predicted octanol–water partition coefficient (Wildman–Crippen LogP) is 2.38. The molecule has 0 spiro atoms. The molecule has 0 aromatic carbocycles. The Balaban J connectivity index is 2.07. The fourth-order valence-electron chi connectivity index (χ4n) is 1.92. The second kappa shape index (κ2) is 5.65. The molecule has 1 aliphatic rings. The van der Waals surface area contributed by atoms with E-state index in [0.717, 1.165) is 31.5 Å². The highest BCUT2D eigenvalue weighted by Crippen LogP contribution is 2.25. The highest BCUT2D eigenvalue weighted by molar-refractivity contribution is 6.30. The molecule has 1 aromatic heterocycles. The Hall–Kier alpha value is -0.870. The second-order valence-electron chi connectivity index (χ2n) is 4.65. The normalized spacial score (nSPS) is 17.4. The summed E-state index contributed by atoms with van der Waals surface area (Å²) in [6, 6.07) is 1.90.